The van der Waals surface area contributed by atoms with Gasteiger partial charge in [0.25, 0.3) is 0 Å². The highest BCUT2D eigenvalue weighted by molar-refractivity contribution is 5.32. The van der Waals surface area contributed by atoms with Crippen molar-refractivity contribution in [2.24, 2.45) is 0 Å². The maximum atomic E-state index is 10.2. The van der Waals surface area contributed by atoms with Crippen molar-refractivity contribution < 1.29 is 9.84 Å². The highest BCUT2D eigenvalue weighted by Gasteiger charge is 2.20. The predicted molar refractivity (Wildman–Crippen MR) is 82.3 cm³/mol. The largest absolute Gasteiger partial charge is 0.491 e. The third-order valence-corrected chi connectivity index (χ3v) is 4.02. The Hall–Kier alpha value is -1.06. The van der Waals surface area contributed by atoms with Crippen molar-refractivity contribution in [1.82, 2.24) is 4.90 Å². The van der Waals surface area contributed by atoms with Crippen molar-refractivity contribution in [2.75, 3.05) is 19.7 Å². The first kappa shape index (κ1) is 15.3. The second kappa shape index (κ2) is 7.09. The summed E-state index contributed by atoms with van der Waals surface area (Å²) < 4.78 is 5.73. The van der Waals surface area contributed by atoms with Crippen LogP contribution in [0.3, 0.4) is 0 Å². The van der Waals surface area contributed by atoms with E-state index in [9.17, 15) is 5.11 Å². The van der Waals surface area contributed by atoms with Crippen molar-refractivity contribution in [3.8, 4) is 5.75 Å². The number of β-amino-alcohol motifs (C(OH)–C–C–N with tert-alkyl or cyclic N) is 1. The summed E-state index contributed by atoms with van der Waals surface area (Å²) in [4.78, 5) is 2.37. The van der Waals surface area contributed by atoms with Gasteiger partial charge in [-0.1, -0.05) is 12.5 Å². The fourth-order valence-electron chi connectivity index (χ4n) is 2.96. The molecule has 1 aliphatic rings. The molecule has 3 nitrogen and oxygen atoms in total. The van der Waals surface area contributed by atoms with Crippen LogP contribution in [0.5, 0.6) is 5.75 Å². The summed E-state index contributed by atoms with van der Waals surface area (Å²) in [7, 11) is 0. The number of ether oxygens (including phenoxy) is 1. The lowest BCUT2D eigenvalue weighted by Gasteiger charge is -2.34. The number of piperidine rings is 1. The van der Waals surface area contributed by atoms with Gasteiger partial charge in [-0.25, -0.2) is 0 Å². The summed E-state index contributed by atoms with van der Waals surface area (Å²) >= 11 is 0. The summed E-state index contributed by atoms with van der Waals surface area (Å²) in [6.07, 6.45) is 3.38. The number of aliphatic hydroxyl groups excluding tert-OH is 1. The van der Waals surface area contributed by atoms with Gasteiger partial charge in [-0.05, 0) is 63.4 Å². The number of hydrogen-bond donors (Lipinski definition) is 1. The monoisotopic (exact) mass is 277 g/mol. The molecule has 1 aliphatic heterocycles. The average Bonchev–Trinajstić information content (AvgIpc) is 2.38. The van der Waals surface area contributed by atoms with Gasteiger partial charge in [0, 0.05) is 12.6 Å². The number of hydrogen-bond acceptors (Lipinski definition) is 3. The van der Waals surface area contributed by atoms with Crippen molar-refractivity contribution in [3.05, 3.63) is 29.3 Å². The Bertz CT molecular complexity index is 413. The third-order valence-electron chi connectivity index (χ3n) is 4.02. The van der Waals surface area contributed by atoms with Gasteiger partial charge < -0.3 is 9.84 Å². The summed E-state index contributed by atoms with van der Waals surface area (Å²) in [5.41, 5.74) is 2.39. The van der Waals surface area contributed by atoms with Crippen molar-refractivity contribution in [2.45, 2.75) is 52.2 Å². The fraction of sp³-hybridized carbons (Fsp3) is 0.647. The molecule has 0 aromatic heterocycles. The minimum atomic E-state index is -0.420. The quantitative estimate of drug-likeness (QED) is 0.898. The van der Waals surface area contributed by atoms with Crippen molar-refractivity contribution >= 4 is 0 Å². The summed E-state index contributed by atoms with van der Waals surface area (Å²) in [6.45, 7) is 8.55. The molecule has 20 heavy (non-hydrogen) atoms. The molecule has 0 bridgehead atoms. The van der Waals surface area contributed by atoms with Gasteiger partial charge in [0.15, 0.2) is 0 Å². The van der Waals surface area contributed by atoms with Crippen molar-refractivity contribution in [3.63, 3.8) is 0 Å². The van der Waals surface area contributed by atoms with Gasteiger partial charge in [-0.3, -0.25) is 4.90 Å². The summed E-state index contributed by atoms with van der Waals surface area (Å²) in [6, 6.07) is 6.74. The lowest BCUT2D eigenvalue weighted by Crippen LogP contribution is -2.43. The lowest BCUT2D eigenvalue weighted by molar-refractivity contribution is 0.0437. The van der Waals surface area contributed by atoms with Crippen LogP contribution in [-0.4, -0.2) is 41.8 Å². The topological polar surface area (TPSA) is 32.7 Å². The Morgan fingerprint density at radius 3 is 2.60 bits per heavy atom. The molecular formula is C17H27NO2. The van der Waals surface area contributed by atoms with Crippen LogP contribution in [0.2, 0.25) is 0 Å². The SMILES string of the molecule is Cc1cc(C)cc(OC[C@H](O)CN2CCCC[C@@H]2C)c1. The molecule has 1 heterocycles. The molecule has 2 atom stereocenters. The van der Waals surface area contributed by atoms with Gasteiger partial charge in [0.05, 0.1) is 0 Å². The van der Waals surface area contributed by atoms with E-state index in [2.05, 4.69) is 31.7 Å². The second-order valence-electron chi connectivity index (χ2n) is 6.13. The van der Waals surface area contributed by atoms with E-state index in [1.165, 1.54) is 30.4 Å². The van der Waals surface area contributed by atoms with Crippen LogP contribution >= 0.6 is 0 Å². The van der Waals surface area contributed by atoms with E-state index in [0.29, 0.717) is 19.2 Å². The Balaban J connectivity index is 1.80. The van der Waals surface area contributed by atoms with E-state index in [4.69, 9.17) is 4.74 Å². The lowest BCUT2D eigenvalue weighted by atomic mass is 10.0. The van der Waals surface area contributed by atoms with Crippen LogP contribution in [0, 0.1) is 13.8 Å². The molecule has 1 saturated heterocycles. The Kier molecular flexibility index (Phi) is 5.44. The normalized spacial score (nSPS) is 21.7. The van der Waals surface area contributed by atoms with Crippen LogP contribution in [-0.2, 0) is 0 Å². The molecule has 0 radical (unpaired) electrons. The zero-order chi connectivity index (χ0) is 14.5. The minimum absolute atomic E-state index is 0.367. The summed E-state index contributed by atoms with van der Waals surface area (Å²) in [5.74, 6) is 0.855. The van der Waals surface area contributed by atoms with Crippen LogP contribution < -0.4 is 4.74 Å². The third kappa shape index (κ3) is 4.50. The Labute approximate surface area is 122 Å². The Morgan fingerprint density at radius 2 is 1.95 bits per heavy atom. The van der Waals surface area contributed by atoms with E-state index in [1.807, 2.05) is 12.1 Å². The van der Waals surface area contributed by atoms with E-state index in [-0.39, 0.29) is 0 Å². The van der Waals surface area contributed by atoms with Crippen LogP contribution in [0.15, 0.2) is 18.2 Å². The van der Waals surface area contributed by atoms with Gasteiger partial charge in [-0.2, -0.15) is 0 Å². The zero-order valence-electron chi connectivity index (χ0n) is 12.9. The molecule has 0 unspecified atom stereocenters. The van der Waals surface area contributed by atoms with E-state index < -0.39 is 6.10 Å². The molecule has 1 aromatic rings. The first-order chi connectivity index (χ1) is 9.54. The second-order valence-corrected chi connectivity index (χ2v) is 6.13. The number of nitrogens with zero attached hydrogens (tertiary/aromatic N) is 1. The molecular weight excluding hydrogens is 250 g/mol. The minimum Gasteiger partial charge on any atom is -0.491 e. The molecule has 0 spiro atoms. The molecule has 1 fully saturated rings. The zero-order valence-corrected chi connectivity index (χ0v) is 12.9. The first-order valence-electron chi connectivity index (χ1n) is 7.68. The molecule has 112 valence electrons. The molecule has 0 aliphatic carbocycles. The maximum absolute atomic E-state index is 10.2. The van der Waals surface area contributed by atoms with E-state index in [1.54, 1.807) is 0 Å². The van der Waals surface area contributed by atoms with Gasteiger partial charge >= 0.3 is 0 Å². The smallest absolute Gasteiger partial charge is 0.119 e. The van der Waals surface area contributed by atoms with Crippen LogP contribution in [0.1, 0.15) is 37.3 Å². The fourth-order valence-corrected chi connectivity index (χ4v) is 2.96. The van der Waals surface area contributed by atoms with Gasteiger partial charge in [0.1, 0.15) is 18.5 Å². The number of aliphatic hydroxyl groups is 1. The molecule has 1 aromatic carbocycles. The standard InChI is InChI=1S/C17H27NO2/c1-13-8-14(2)10-17(9-13)20-12-16(19)11-18-7-5-4-6-15(18)3/h8-10,15-16,19H,4-7,11-12H2,1-3H3/t15-,16+/m0/s1. The van der Waals surface area contributed by atoms with Crippen molar-refractivity contribution in [1.29, 1.82) is 0 Å². The predicted octanol–water partition coefficient (Wildman–Crippen LogP) is 2.92. The summed E-state index contributed by atoms with van der Waals surface area (Å²) in [5, 5.41) is 10.2. The van der Waals surface area contributed by atoms with E-state index >= 15 is 0 Å². The highest BCUT2D eigenvalue weighted by atomic mass is 16.5. The maximum Gasteiger partial charge on any atom is 0.119 e. The first-order valence-corrected chi connectivity index (χ1v) is 7.68. The highest BCUT2D eigenvalue weighted by Crippen LogP contribution is 2.18. The molecule has 3 heteroatoms. The Morgan fingerprint density at radius 1 is 1.25 bits per heavy atom. The van der Waals surface area contributed by atoms with Gasteiger partial charge in [-0.15, -0.1) is 0 Å². The van der Waals surface area contributed by atoms with E-state index in [0.717, 1.165) is 12.3 Å². The number of likely N-dealkylation sites (tertiary alicyclic amines) is 1. The molecule has 0 amide bonds. The molecule has 0 saturated carbocycles. The van der Waals surface area contributed by atoms with Gasteiger partial charge in [0.2, 0.25) is 0 Å². The molecule has 2 rings (SSSR count). The van der Waals surface area contributed by atoms with Crippen LogP contribution in [0.4, 0.5) is 0 Å². The number of benzene rings is 1. The van der Waals surface area contributed by atoms with Crippen LogP contribution in [0.25, 0.3) is 0 Å². The number of rotatable bonds is 5. The average molecular weight is 277 g/mol. The molecule has 1 N–H and O–H groups in total. The number of aryl methyl sites for hydroxylation is 2.